The molecule has 1 aliphatic rings. The first kappa shape index (κ1) is 22.6. The molecule has 1 heterocycles. The average Bonchev–Trinajstić information content (AvgIpc) is 2.72. The molecule has 152 valence electrons. The summed E-state index contributed by atoms with van der Waals surface area (Å²) in [5, 5.41) is 9.07. The van der Waals surface area contributed by atoms with Crippen LogP contribution in [-0.4, -0.2) is 35.6 Å². The number of rotatable bonds is 6. The van der Waals surface area contributed by atoms with E-state index in [1.165, 1.54) is 6.07 Å². The Kier molecular flexibility index (Phi) is 6.34. The van der Waals surface area contributed by atoms with Gasteiger partial charge in [0.1, 0.15) is 0 Å². The highest BCUT2D eigenvalue weighted by Crippen LogP contribution is 2.39. The molecular formula is C18H27BF3NO3S. The Hall–Kier alpha value is -0.735. The molecule has 9 heteroatoms. The Morgan fingerprint density at radius 2 is 1.67 bits per heavy atom. The third-order valence-corrected chi connectivity index (χ3v) is 6.24. The zero-order valence-corrected chi connectivity index (χ0v) is 17.3. The second kappa shape index (κ2) is 7.59. The van der Waals surface area contributed by atoms with Crippen LogP contribution in [0.15, 0.2) is 23.1 Å². The van der Waals surface area contributed by atoms with Gasteiger partial charge in [-0.1, -0.05) is 6.07 Å². The lowest BCUT2D eigenvalue weighted by atomic mass is 9.78. The average molecular weight is 405 g/mol. The van der Waals surface area contributed by atoms with Gasteiger partial charge in [0.2, 0.25) is 0 Å². The highest BCUT2D eigenvalue weighted by molar-refractivity contribution is 7.97. The van der Waals surface area contributed by atoms with E-state index in [4.69, 9.17) is 14.4 Å². The molecule has 0 atom stereocenters. The van der Waals surface area contributed by atoms with Crippen molar-refractivity contribution < 1.29 is 27.6 Å². The van der Waals surface area contributed by atoms with Crippen molar-refractivity contribution in [3.8, 4) is 0 Å². The van der Waals surface area contributed by atoms with Crippen LogP contribution in [0.25, 0.3) is 0 Å². The van der Waals surface area contributed by atoms with E-state index in [1.54, 1.807) is 6.07 Å². The lowest BCUT2D eigenvalue weighted by molar-refractivity contribution is -0.139. The normalized spacial score (nSPS) is 19.6. The number of benzene rings is 1. The van der Waals surface area contributed by atoms with E-state index in [9.17, 15) is 13.2 Å². The summed E-state index contributed by atoms with van der Waals surface area (Å²) in [6.45, 7) is 11.0. The van der Waals surface area contributed by atoms with Crippen LogP contribution in [0.2, 0.25) is 0 Å². The first-order chi connectivity index (χ1) is 12.2. The van der Waals surface area contributed by atoms with Crippen molar-refractivity contribution in [3.05, 3.63) is 23.8 Å². The zero-order chi connectivity index (χ0) is 20.7. The van der Waals surface area contributed by atoms with E-state index in [0.717, 1.165) is 18.0 Å². The number of halogens is 3. The number of alkyl halides is 3. The van der Waals surface area contributed by atoms with Gasteiger partial charge in [-0.15, -0.1) is 0 Å². The van der Waals surface area contributed by atoms with Crippen LogP contribution in [0, 0.1) is 0 Å². The summed E-state index contributed by atoms with van der Waals surface area (Å²) in [6, 6.07) is 4.11. The van der Waals surface area contributed by atoms with Crippen LogP contribution >= 0.6 is 11.9 Å². The topological polar surface area (TPSA) is 50.7 Å². The number of hydrogen-bond donors (Lipinski definition) is 2. The smallest absolute Gasteiger partial charge is 0.399 e. The van der Waals surface area contributed by atoms with Crippen molar-refractivity contribution in [2.75, 3.05) is 6.61 Å². The third-order valence-electron chi connectivity index (χ3n) is 5.01. The fourth-order valence-corrected chi connectivity index (χ4v) is 3.42. The van der Waals surface area contributed by atoms with Crippen molar-refractivity contribution in [1.29, 1.82) is 0 Å². The number of nitrogens with one attached hydrogen (secondary N) is 1. The van der Waals surface area contributed by atoms with Gasteiger partial charge in [0, 0.05) is 17.0 Å². The Labute approximate surface area is 163 Å². The minimum Gasteiger partial charge on any atom is -0.399 e. The van der Waals surface area contributed by atoms with E-state index < -0.39 is 35.6 Å². The SMILES string of the molecule is CC(C)(CCO)NSc1ccc(B2OC(C)(C)C(C)(C)O2)cc1C(F)(F)F. The summed E-state index contributed by atoms with van der Waals surface area (Å²) < 4.78 is 55.6. The maximum atomic E-state index is 13.6. The van der Waals surface area contributed by atoms with E-state index in [-0.39, 0.29) is 11.5 Å². The van der Waals surface area contributed by atoms with Gasteiger partial charge in [-0.05, 0) is 77.5 Å². The molecule has 1 aromatic carbocycles. The quantitative estimate of drug-likeness (QED) is 0.558. The second-order valence-electron chi connectivity index (χ2n) is 8.40. The Bertz CT molecular complexity index is 664. The van der Waals surface area contributed by atoms with Crippen LogP contribution in [-0.2, 0) is 15.5 Å². The van der Waals surface area contributed by atoms with Gasteiger partial charge >= 0.3 is 13.3 Å². The molecule has 2 rings (SSSR count). The first-order valence-corrected chi connectivity index (χ1v) is 9.62. The molecule has 0 spiro atoms. The van der Waals surface area contributed by atoms with E-state index in [2.05, 4.69) is 4.72 Å². The Morgan fingerprint density at radius 1 is 1.11 bits per heavy atom. The number of aliphatic hydroxyl groups is 1. The molecule has 1 fully saturated rings. The maximum absolute atomic E-state index is 13.6. The van der Waals surface area contributed by atoms with E-state index in [1.807, 2.05) is 41.5 Å². The Balaban J connectivity index is 2.29. The molecule has 1 aromatic rings. The van der Waals surface area contributed by atoms with Gasteiger partial charge in [0.15, 0.2) is 0 Å². The molecule has 27 heavy (non-hydrogen) atoms. The minimum atomic E-state index is -4.51. The molecule has 0 saturated carbocycles. The second-order valence-corrected chi connectivity index (χ2v) is 9.25. The van der Waals surface area contributed by atoms with Gasteiger partial charge < -0.3 is 14.4 Å². The highest BCUT2D eigenvalue weighted by Gasteiger charge is 2.52. The van der Waals surface area contributed by atoms with Crippen LogP contribution in [0.1, 0.15) is 53.5 Å². The van der Waals surface area contributed by atoms with Crippen molar-refractivity contribution in [2.24, 2.45) is 0 Å². The number of hydrogen-bond acceptors (Lipinski definition) is 5. The molecule has 2 N–H and O–H groups in total. The molecular weight excluding hydrogens is 378 g/mol. The highest BCUT2D eigenvalue weighted by atomic mass is 32.2. The molecule has 0 aromatic heterocycles. The molecule has 4 nitrogen and oxygen atoms in total. The summed E-state index contributed by atoms with van der Waals surface area (Å²) in [5.74, 6) is 0. The summed E-state index contributed by atoms with van der Waals surface area (Å²) >= 11 is 0.909. The minimum absolute atomic E-state index is 0.0481. The largest absolute Gasteiger partial charge is 0.494 e. The molecule has 1 saturated heterocycles. The standard InChI is InChI=1S/C18H27BF3NO3S/c1-15(2,9-10-24)23-27-14-8-7-12(11-13(14)18(20,21)22)19-25-16(3,4)17(5,6)26-19/h7-8,11,23-24H,9-10H2,1-6H3. The van der Waals surface area contributed by atoms with Gasteiger partial charge in [0.05, 0.1) is 16.8 Å². The monoisotopic (exact) mass is 405 g/mol. The molecule has 0 amide bonds. The number of aliphatic hydroxyl groups excluding tert-OH is 1. The molecule has 1 aliphatic heterocycles. The van der Waals surface area contributed by atoms with Crippen LogP contribution in [0.4, 0.5) is 13.2 Å². The molecule has 0 unspecified atom stereocenters. The lowest BCUT2D eigenvalue weighted by Crippen LogP contribution is -2.41. The van der Waals surface area contributed by atoms with Crippen molar-refractivity contribution in [1.82, 2.24) is 4.72 Å². The van der Waals surface area contributed by atoms with Crippen LogP contribution in [0.5, 0.6) is 0 Å². The first-order valence-electron chi connectivity index (χ1n) is 8.80. The predicted molar refractivity (Wildman–Crippen MR) is 102 cm³/mol. The van der Waals surface area contributed by atoms with Gasteiger partial charge in [-0.25, -0.2) is 0 Å². The Morgan fingerprint density at radius 3 is 2.15 bits per heavy atom. The predicted octanol–water partition coefficient (Wildman–Crippen LogP) is 3.76. The fourth-order valence-electron chi connectivity index (χ4n) is 2.51. The van der Waals surface area contributed by atoms with Gasteiger partial charge in [-0.2, -0.15) is 13.2 Å². The molecule has 0 radical (unpaired) electrons. The summed E-state index contributed by atoms with van der Waals surface area (Å²) in [4.78, 5) is 0.0637. The van der Waals surface area contributed by atoms with Crippen molar-refractivity contribution in [2.45, 2.75) is 75.8 Å². The van der Waals surface area contributed by atoms with Crippen LogP contribution < -0.4 is 10.2 Å². The maximum Gasteiger partial charge on any atom is 0.494 e. The summed E-state index contributed by atoms with van der Waals surface area (Å²) in [6.07, 6.45) is -4.09. The van der Waals surface area contributed by atoms with E-state index >= 15 is 0 Å². The van der Waals surface area contributed by atoms with Crippen molar-refractivity contribution in [3.63, 3.8) is 0 Å². The zero-order valence-electron chi connectivity index (χ0n) is 16.5. The van der Waals surface area contributed by atoms with E-state index in [0.29, 0.717) is 11.9 Å². The molecule has 0 aliphatic carbocycles. The fraction of sp³-hybridized carbons (Fsp3) is 0.667. The van der Waals surface area contributed by atoms with Gasteiger partial charge in [-0.3, -0.25) is 4.72 Å². The van der Waals surface area contributed by atoms with Crippen molar-refractivity contribution >= 4 is 24.5 Å². The van der Waals surface area contributed by atoms with Gasteiger partial charge in [0.25, 0.3) is 0 Å². The van der Waals surface area contributed by atoms with Crippen LogP contribution in [0.3, 0.4) is 0 Å². The summed E-state index contributed by atoms with van der Waals surface area (Å²) in [7, 11) is -0.853. The third kappa shape index (κ3) is 5.20. The summed E-state index contributed by atoms with van der Waals surface area (Å²) in [5.41, 5.74) is -2.17. The lowest BCUT2D eigenvalue weighted by Gasteiger charge is -2.32. The molecule has 0 bridgehead atoms.